The van der Waals surface area contributed by atoms with Gasteiger partial charge in [0, 0.05) is 5.75 Å². The lowest BCUT2D eigenvalue weighted by Gasteiger charge is -2.06. The molecule has 2 aromatic carbocycles. The summed E-state index contributed by atoms with van der Waals surface area (Å²) in [5.74, 6) is 1.25. The number of hydrogen-bond acceptors (Lipinski definition) is 6. The van der Waals surface area contributed by atoms with E-state index in [9.17, 15) is 4.79 Å². The highest BCUT2D eigenvalue weighted by molar-refractivity contribution is 8.00. The molecule has 1 heterocycles. The first-order valence-electron chi connectivity index (χ1n) is 9.35. The molecule has 0 saturated heterocycles. The minimum absolute atomic E-state index is 0.0959. The molecule has 0 aliphatic carbocycles. The van der Waals surface area contributed by atoms with Gasteiger partial charge in [0.1, 0.15) is 0 Å². The first kappa shape index (κ1) is 21.0. The molecular weight excluding hydrogens is 400 g/mol. The predicted molar refractivity (Wildman–Crippen MR) is 118 cm³/mol. The summed E-state index contributed by atoms with van der Waals surface area (Å²) in [5.41, 5.74) is 4.03. The van der Waals surface area contributed by atoms with Gasteiger partial charge in [0.2, 0.25) is 11.0 Å². The minimum Gasteiger partial charge on any atom is -0.300 e. The summed E-state index contributed by atoms with van der Waals surface area (Å²) >= 11 is 2.92. The van der Waals surface area contributed by atoms with Crippen LogP contribution in [-0.2, 0) is 23.4 Å². The van der Waals surface area contributed by atoms with Crippen molar-refractivity contribution < 1.29 is 4.79 Å². The van der Waals surface area contributed by atoms with Gasteiger partial charge in [-0.05, 0) is 41.2 Å². The third-order valence-electron chi connectivity index (χ3n) is 4.13. The number of amides is 1. The second-order valence-electron chi connectivity index (χ2n) is 7.11. The third kappa shape index (κ3) is 6.70. The summed E-state index contributed by atoms with van der Waals surface area (Å²) in [4.78, 5) is 12.3. The molecule has 0 spiro atoms. The van der Waals surface area contributed by atoms with Gasteiger partial charge in [-0.25, -0.2) is 0 Å². The lowest BCUT2D eigenvalue weighted by Crippen LogP contribution is -2.14. The van der Waals surface area contributed by atoms with E-state index in [1.54, 1.807) is 23.9 Å². The molecule has 0 unspecified atom stereocenters. The average molecular weight is 423 g/mol. The Morgan fingerprint density at radius 2 is 1.72 bits per heavy atom. The molecule has 0 saturated carbocycles. The molecule has 0 aliphatic heterocycles. The van der Waals surface area contributed by atoms with E-state index in [4.69, 9.17) is 5.26 Å². The molecule has 3 rings (SSSR count). The lowest BCUT2D eigenvalue weighted by atomic mass is 10.0. The van der Waals surface area contributed by atoms with E-state index in [1.165, 1.54) is 16.9 Å². The second kappa shape index (κ2) is 10.2. The molecule has 7 heteroatoms. The van der Waals surface area contributed by atoms with Crippen molar-refractivity contribution in [1.82, 2.24) is 10.2 Å². The Balaban J connectivity index is 1.48. The van der Waals surface area contributed by atoms with Crippen LogP contribution in [0.4, 0.5) is 5.13 Å². The number of thioether (sulfide) groups is 1. The Morgan fingerprint density at radius 1 is 1.07 bits per heavy atom. The molecule has 1 aromatic heterocycles. The van der Waals surface area contributed by atoms with E-state index in [1.807, 2.05) is 24.3 Å². The first-order chi connectivity index (χ1) is 14.0. The zero-order chi connectivity index (χ0) is 20.6. The molecule has 0 fully saturated rings. The van der Waals surface area contributed by atoms with Crippen LogP contribution in [0.5, 0.6) is 0 Å². The number of carbonyl (C=O) groups is 1. The quantitative estimate of drug-likeness (QED) is 0.404. The van der Waals surface area contributed by atoms with Gasteiger partial charge in [-0.1, -0.05) is 73.3 Å². The van der Waals surface area contributed by atoms with Gasteiger partial charge < -0.3 is 5.32 Å². The van der Waals surface area contributed by atoms with Crippen molar-refractivity contribution in [3.05, 3.63) is 70.8 Å². The van der Waals surface area contributed by atoms with Crippen LogP contribution in [0.2, 0.25) is 0 Å². The van der Waals surface area contributed by atoms with Gasteiger partial charge in [0.15, 0.2) is 4.34 Å². The van der Waals surface area contributed by atoms with Crippen molar-refractivity contribution in [3.8, 4) is 6.07 Å². The van der Waals surface area contributed by atoms with E-state index in [0.717, 1.165) is 27.6 Å². The van der Waals surface area contributed by atoms with Crippen molar-refractivity contribution >= 4 is 34.1 Å². The maximum atomic E-state index is 12.3. The zero-order valence-corrected chi connectivity index (χ0v) is 18.0. The van der Waals surface area contributed by atoms with Gasteiger partial charge in [0.25, 0.3) is 0 Å². The zero-order valence-electron chi connectivity index (χ0n) is 16.4. The molecule has 148 valence electrons. The van der Waals surface area contributed by atoms with Gasteiger partial charge in [-0.2, -0.15) is 5.26 Å². The van der Waals surface area contributed by atoms with E-state index in [-0.39, 0.29) is 5.91 Å². The smallest absolute Gasteiger partial charge is 0.230 e. The van der Waals surface area contributed by atoms with E-state index in [2.05, 4.69) is 47.6 Å². The summed E-state index contributed by atoms with van der Waals surface area (Å²) in [6.45, 7) is 4.39. The Bertz CT molecular complexity index is 989. The van der Waals surface area contributed by atoms with E-state index >= 15 is 0 Å². The topological polar surface area (TPSA) is 78.7 Å². The van der Waals surface area contributed by atoms with Crippen LogP contribution in [-0.4, -0.2) is 16.1 Å². The Morgan fingerprint density at radius 3 is 2.38 bits per heavy atom. The van der Waals surface area contributed by atoms with E-state index in [0.29, 0.717) is 23.0 Å². The number of rotatable bonds is 8. The molecule has 0 aliphatic rings. The third-order valence-corrected chi connectivity index (χ3v) is 6.17. The van der Waals surface area contributed by atoms with Gasteiger partial charge in [0.05, 0.1) is 18.1 Å². The molecule has 0 bridgehead atoms. The van der Waals surface area contributed by atoms with Crippen molar-refractivity contribution in [1.29, 1.82) is 5.26 Å². The lowest BCUT2D eigenvalue weighted by molar-refractivity contribution is -0.115. The van der Waals surface area contributed by atoms with E-state index < -0.39 is 0 Å². The standard InChI is InChI=1S/C22H22N4OS2/c1-15(2)11-16-3-5-17(6-4-16)12-20(27)24-21-25-26-22(29-21)28-14-19-9-7-18(13-23)8-10-19/h3-10,15H,11-12,14H2,1-2H3,(H,24,25,27). The first-order valence-corrected chi connectivity index (χ1v) is 11.1. The highest BCUT2D eigenvalue weighted by Gasteiger charge is 2.10. The van der Waals surface area contributed by atoms with Crippen molar-refractivity contribution in [3.63, 3.8) is 0 Å². The number of aromatic nitrogens is 2. The molecule has 3 aromatic rings. The molecular formula is C22H22N4OS2. The summed E-state index contributed by atoms with van der Waals surface area (Å²) in [6, 6.07) is 17.8. The maximum absolute atomic E-state index is 12.3. The fourth-order valence-electron chi connectivity index (χ4n) is 2.75. The van der Waals surface area contributed by atoms with Crippen molar-refractivity contribution in [2.75, 3.05) is 5.32 Å². The van der Waals surface area contributed by atoms with Crippen LogP contribution in [0.1, 0.15) is 36.1 Å². The van der Waals surface area contributed by atoms with Crippen LogP contribution in [0, 0.1) is 17.2 Å². The Kier molecular flexibility index (Phi) is 7.39. The Hall–Kier alpha value is -2.69. The summed E-state index contributed by atoms with van der Waals surface area (Å²) < 4.78 is 0.794. The fraction of sp³-hybridized carbons (Fsp3) is 0.273. The van der Waals surface area contributed by atoms with Crippen molar-refractivity contribution in [2.45, 2.75) is 36.8 Å². The summed E-state index contributed by atoms with van der Waals surface area (Å²) in [7, 11) is 0. The maximum Gasteiger partial charge on any atom is 0.230 e. The monoisotopic (exact) mass is 422 g/mol. The molecule has 0 atom stereocenters. The SMILES string of the molecule is CC(C)Cc1ccc(CC(=O)Nc2nnc(SCc3ccc(C#N)cc3)s2)cc1. The highest BCUT2D eigenvalue weighted by atomic mass is 32.2. The largest absolute Gasteiger partial charge is 0.300 e. The summed E-state index contributed by atoms with van der Waals surface area (Å²) in [6.07, 6.45) is 1.36. The van der Waals surface area contributed by atoms with Crippen LogP contribution in [0.25, 0.3) is 0 Å². The molecule has 1 amide bonds. The van der Waals surface area contributed by atoms with Crippen LogP contribution >= 0.6 is 23.1 Å². The summed E-state index contributed by atoms with van der Waals surface area (Å²) in [5, 5.41) is 20.4. The highest BCUT2D eigenvalue weighted by Crippen LogP contribution is 2.28. The predicted octanol–water partition coefficient (Wildman–Crippen LogP) is 5.08. The molecule has 29 heavy (non-hydrogen) atoms. The van der Waals surface area contributed by atoms with Crippen LogP contribution in [0.15, 0.2) is 52.9 Å². The van der Waals surface area contributed by atoms with Gasteiger partial charge >= 0.3 is 0 Å². The number of anilines is 1. The van der Waals surface area contributed by atoms with Crippen LogP contribution in [0.3, 0.4) is 0 Å². The average Bonchev–Trinajstić information content (AvgIpc) is 3.15. The van der Waals surface area contributed by atoms with Gasteiger partial charge in [-0.3, -0.25) is 4.79 Å². The second-order valence-corrected chi connectivity index (χ2v) is 9.31. The number of nitriles is 1. The Labute approximate surface area is 179 Å². The van der Waals surface area contributed by atoms with Crippen LogP contribution < -0.4 is 5.32 Å². The number of benzene rings is 2. The van der Waals surface area contributed by atoms with Gasteiger partial charge in [-0.15, -0.1) is 10.2 Å². The molecule has 0 radical (unpaired) electrons. The molecule has 5 nitrogen and oxygen atoms in total. The number of nitrogens with one attached hydrogen (secondary N) is 1. The molecule has 1 N–H and O–H groups in total. The number of carbonyl (C=O) groups excluding carboxylic acids is 1. The fourth-order valence-corrected chi connectivity index (χ4v) is 4.48. The normalized spacial score (nSPS) is 10.7. The minimum atomic E-state index is -0.0959. The van der Waals surface area contributed by atoms with Crippen molar-refractivity contribution in [2.24, 2.45) is 5.92 Å². The number of nitrogens with zero attached hydrogens (tertiary/aromatic N) is 3. The number of hydrogen-bond donors (Lipinski definition) is 1.